The van der Waals surface area contributed by atoms with Gasteiger partial charge >= 0.3 is 6.03 Å². The van der Waals surface area contributed by atoms with E-state index >= 15 is 0 Å². The second kappa shape index (κ2) is 5.11. The molecule has 2 N–H and O–H groups in total. The van der Waals surface area contributed by atoms with Crippen molar-refractivity contribution < 1.29 is 13.7 Å². The lowest BCUT2D eigenvalue weighted by Gasteiger charge is -2.04. The summed E-state index contributed by atoms with van der Waals surface area (Å²) < 4.78 is 17.3. The van der Waals surface area contributed by atoms with Gasteiger partial charge in [-0.15, -0.1) is 0 Å². The minimum absolute atomic E-state index is 0.265. The van der Waals surface area contributed by atoms with Crippen molar-refractivity contribution >= 4 is 11.9 Å². The number of amides is 2. The molecule has 17 heavy (non-hydrogen) atoms. The zero-order valence-electron chi connectivity index (χ0n) is 8.81. The molecular formula is C11H10FN3O2. The van der Waals surface area contributed by atoms with Crippen molar-refractivity contribution in [1.82, 2.24) is 10.5 Å². The summed E-state index contributed by atoms with van der Waals surface area (Å²) >= 11 is 0. The third-order valence-electron chi connectivity index (χ3n) is 2.04. The van der Waals surface area contributed by atoms with Gasteiger partial charge < -0.3 is 9.84 Å². The maximum Gasteiger partial charge on any atom is 0.321 e. The lowest BCUT2D eigenvalue weighted by Crippen LogP contribution is -2.27. The van der Waals surface area contributed by atoms with Crippen LogP contribution in [0.5, 0.6) is 0 Å². The minimum Gasteiger partial charge on any atom is -0.338 e. The van der Waals surface area contributed by atoms with E-state index in [1.54, 1.807) is 12.1 Å². The SMILES string of the molecule is O=C(NCc1ccc(F)cc1)Nc1ccno1. The first-order valence-corrected chi connectivity index (χ1v) is 4.94. The topological polar surface area (TPSA) is 67.2 Å². The zero-order valence-corrected chi connectivity index (χ0v) is 8.81. The molecule has 0 aliphatic heterocycles. The van der Waals surface area contributed by atoms with Crippen LogP contribution in [0, 0.1) is 5.82 Å². The molecule has 1 aromatic heterocycles. The fourth-order valence-corrected chi connectivity index (χ4v) is 1.22. The molecule has 0 aliphatic rings. The average Bonchev–Trinajstić information content (AvgIpc) is 2.81. The second-order valence-electron chi connectivity index (χ2n) is 3.31. The van der Waals surface area contributed by atoms with Crippen molar-refractivity contribution in [3.63, 3.8) is 0 Å². The van der Waals surface area contributed by atoms with E-state index in [2.05, 4.69) is 15.8 Å². The first-order chi connectivity index (χ1) is 8.24. The molecule has 0 fully saturated rings. The number of benzene rings is 1. The monoisotopic (exact) mass is 235 g/mol. The Bertz CT molecular complexity index is 482. The van der Waals surface area contributed by atoms with Crippen LogP contribution in [0.1, 0.15) is 5.56 Å². The van der Waals surface area contributed by atoms with Crippen LogP contribution in [-0.2, 0) is 6.54 Å². The fourth-order valence-electron chi connectivity index (χ4n) is 1.22. The summed E-state index contributed by atoms with van der Waals surface area (Å²) in [6, 6.07) is 6.99. The van der Waals surface area contributed by atoms with Crippen molar-refractivity contribution in [2.75, 3.05) is 5.32 Å². The average molecular weight is 235 g/mol. The highest BCUT2D eigenvalue weighted by molar-refractivity contribution is 5.87. The molecule has 2 amide bonds. The quantitative estimate of drug-likeness (QED) is 0.856. The molecule has 0 aliphatic carbocycles. The van der Waals surface area contributed by atoms with Gasteiger partial charge in [0.2, 0.25) is 5.88 Å². The highest BCUT2D eigenvalue weighted by Gasteiger charge is 2.03. The maximum atomic E-state index is 12.6. The molecule has 0 bridgehead atoms. The van der Waals surface area contributed by atoms with Gasteiger partial charge in [0.1, 0.15) is 5.82 Å². The van der Waals surface area contributed by atoms with E-state index in [4.69, 9.17) is 4.52 Å². The van der Waals surface area contributed by atoms with Crippen LogP contribution in [0.25, 0.3) is 0 Å². The number of aromatic nitrogens is 1. The molecule has 0 spiro atoms. The Morgan fingerprint density at radius 2 is 2.06 bits per heavy atom. The summed E-state index contributed by atoms with van der Waals surface area (Å²) in [6.07, 6.45) is 1.43. The molecule has 88 valence electrons. The summed E-state index contributed by atoms with van der Waals surface area (Å²) in [6.45, 7) is 0.306. The Hall–Kier alpha value is -2.37. The number of halogens is 1. The van der Waals surface area contributed by atoms with Crippen LogP contribution in [0.3, 0.4) is 0 Å². The van der Waals surface area contributed by atoms with Gasteiger partial charge in [-0.1, -0.05) is 17.3 Å². The number of nitrogens with zero attached hydrogens (tertiary/aromatic N) is 1. The van der Waals surface area contributed by atoms with Crippen molar-refractivity contribution in [3.8, 4) is 0 Å². The molecule has 0 saturated carbocycles. The number of carbonyl (C=O) groups is 1. The Morgan fingerprint density at radius 1 is 1.29 bits per heavy atom. The van der Waals surface area contributed by atoms with E-state index in [0.29, 0.717) is 6.54 Å². The number of carbonyl (C=O) groups excluding carboxylic acids is 1. The highest BCUT2D eigenvalue weighted by Crippen LogP contribution is 2.04. The first-order valence-electron chi connectivity index (χ1n) is 4.94. The molecule has 1 heterocycles. The van der Waals surface area contributed by atoms with E-state index in [-0.39, 0.29) is 11.7 Å². The summed E-state index contributed by atoms with van der Waals surface area (Å²) in [4.78, 5) is 11.4. The molecule has 0 atom stereocenters. The van der Waals surface area contributed by atoms with Crippen molar-refractivity contribution in [2.24, 2.45) is 0 Å². The maximum absolute atomic E-state index is 12.6. The van der Waals surface area contributed by atoms with Gasteiger partial charge in [0.15, 0.2) is 0 Å². The van der Waals surface area contributed by atoms with Gasteiger partial charge in [-0.05, 0) is 17.7 Å². The lowest BCUT2D eigenvalue weighted by atomic mass is 10.2. The lowest BCUT2D eigenvalue weighted by molar-refractivity contribution is 0.251. The Balaban J connectivity index is 1.82. The van der Waals surface area contributed by atoms with E-state index < -0.39 is 6.03 Å². The highest BCUT2D eigenvalue weighted by atomic mass is 19.1. The molecular weight excluding hydrogens is 225 g/mol. The van der Waals surface area contributed by atoms with E-state index in [1.807, 2.05) is 0 Å². The largest absolute Gasteiger partial charge is 0.338 e. The van der Waals surface area contributed by atoms with E-state index in [1.165, 1.54) is 24.4 Å². The van der Waals surface area contributed by atoms with E-state index in [0.717, 1.165) is 5.56 Å². The smallest absolute Gasteiger partial charge is 0.321 e. The third-order valence-corrected chi connectivity index (χ3v) is 2.04. The normalized spacial score (nSPS) is 9.94. The molecule has 5 nitrogen and oxygen atoms in total. The number of anilines is 1. The molecule has 0 radical (unpaired) electrons. The summed E-state index contributed by atoms with van der Waals surface area (Å²) in [7, 11) is 0. The van der Waals surface area contributed by atoms with E-state index in [9.17, 15) is 9.18 Å². The number of urea groups is 1. The molecule has 0 saturated heterocycles. The van der Waals surface area contributed by atoms with Crippen molar-refractivity contribution in [1.29, 1.82) is 0 Å². The van der Waals surface area contributed by atoms with Crippen LogP contribution >= 0.6 is 0 Å². The first kappa shape index (κ1) is 11.1. The van der Waals surface area contributed by atoms with Gasteiger partial charge in [0.25, 0.3) is 0 Å². The molecule has 2 rings (SSSR count). The van der Waals surface area contributed by atoms with Crippen LogP contribution in [-0.4, -0.2) is 11.2 Å². The van der Waals surface area contributed by atoms with Crippen LogP contribution in [0.15, 0.2) is 41.1 Å². The van der Waals surface area contributed by atoms with Crippen molar-refractivity contribution in [2.45, 2.75) is 6.54 Å². The number of hydrogen-bond acceptors (Lipinski definition) is 3. The van der Waals surface area contributed by atoms with Gasteiger partial charge in [0, 0.05) is 12.6 Å². The summed E-state index contributed by atoms with van der Waals surface area (Å²) in [5, 5.41) is 8.49. The van der Waals surface area contributed by atoms with Gasteiger partial charge in [0.05, 0.1) is 6.20 Å². The van der Waals surface area contributed by atoms with Gasteiger partial charge in [-0.3, -0.25) is 5.32 Å². The Morgan fingerprint density at radius 3 is 2.71 bits per heavy atom. The summed E-state index contributed by atoms with van der Waals surface area (Å²) in [5.74, 6) is -0.0403. The van der Waals surface area contributed by atoms with Crippen molar-refractivity contribution in [3.05, 3.63) is 47.9 Å². The Kier molecular flexibility index (Phi) is 3.34. The van der Waals surface area contributed by atoms with Gasteiger partial charge in [-0.2, -0.15) is 0 Å². The fraction of sp³-hybridized carbons (Fsp3) is 0.0909. The van der Waals surface area contributed by atoms with Crippen LogP contribution in [0.4, 0.5) is 15.1 Å². The molecule has 0 unspecified atom stereocenters. The third kappa shape index (κ3) is 3.30. The predicted molar refractivity (Wildman–Crippen MR) is 58.8 cm³/mol. The number of nitrogens with one attached hydrogen (secondary N) is 2. The second-order valence-corrected chi connectivity index (χ2v) is 3.31. The standard InChI is InChI=1S/C11H10FN3O2/c12-9-3-1-8(2-4-9)7-13-11(16)15-10-5-6-14-17-10/h1-6H,7H2,(H2,13,15,16). The van der Waals surface area contributed by atoms with Crippen LogP contribution < -0.4 is 10.6 Å². The van der Waals surface area contributed by atoms with Gasteiger partial charge in [-0.25, -0.2) is 9.18 Å². The zero-order chi connectivity index (χ0) is 12.1. The predicted octanol–water partition coefficient (Wildman–Crippen LogP) is 2.14. The number of hydrogen-bond donors (Lipinski definition) is 2. The number of rotatable bonds is 3. The molecule has 6 heteroatoms. The Labute approximate surface area is 96.6 Å². The van der Waals surface area contributed by atoms with Crippen LogP contribution in [0.2, 0.25) is 0 Å². The molecule has 2 aromatic rings. The molecule has 1 aromatic carbocycles. The summed E-state index contributed by atoms with van der Waals surface area (Å²) in [5.41, 5.74) is 0.805. The minimum atomic E-state index is -0.411.